The van der Waals surface area contributed by atoms with Gasteiger partial charge in [-0.1, -0.05) is 42.5 Å². The number of nitrogens with zero attached hydrogens (tertiary/aromatic N) is 1. The van der Waals surface area contributed by atoms with Crippen molar-refractivity contribution in [2.24, 2.45) is 0 Å². The van der Waals surface area contributed by atoms with E-state index in [4.69, 9.17) is 0 Å². The van der Waals surface area contributed by atoms with Crippen LogP contribution in [0.3, 0.4) is 0 Å². The molecule has 1 saturated heterocycles. The van der Waals surface area contributed by atoms with Gasteiger partial charge in [0, 0.05) is 6.54 Å². The Kier molecular flexibility index (Phi) is 4.37. The second kappa shape index (κ2) is 6.29. The Morgan fingerprint density at radius 1 is 1.13 bits per heavy atom. The van der Waals surface area contributed by atoms with Crippen molar-refractivity contribution in [1.29, 1.82) is 0 Å². The molecule has 122 valence electrons. The van der Waals surface area contributed by atoms with Crippen molar-refractivity contribution in [3.05, 3.63) is 48.0 Å². The molecule has 0 aliphatic carbocycles. The lowest BCUT2D eigenvalue weighted by molar-refractivity contribution is -0.142. The minimum absolute atomic E-state index is 0.165. The first-order valence-electron chi connectivity index (χ1n) is 7.67. The van der Waals surface area contributed by atoms with E-state index in [9.17, 15) is 18.3 Å². The molecule has 1 atom stereocenters. The lowest BCUT2D eigenvalue weighted by Gasteiger charge is -2.31. The van der Waals surface area contributed by atoms with Gasteiger partial charge >= 0.3 is 5.97 Å². The van der Waals surface area contributed by atoms with E-state index in [1.165, 1.54) is 0 Å². The third-order valence-corrected chi connectivity index (χ3v) is 6.11. The number of carboxylic acid groups (broad SMARTS) is 1. The number of hydrogen-bond donors (Lipinski definition) is 1. The predicted octanol–water partition coefficient (Wildman–Crippen LogP) is 2.61. The van der Waals surface area contributed by atoms with E-state index in [0.717, 1.165) is 21.5 Å². The van der Waals surface area contributed by atoms with E-state index >= 15 is 0 Å². The van der Waals surface area contributed by atoms with Crippen LogP contribution in [0, 0.1) is 0 Å². The Balaban J connectivity index is 1.88. The van der Waals surface area contributed by atoms with E-state index in [2.05, 4.69) is 0 Å². The summed E-state index contributed by atoms with van der Waals surface area (Å²) in [5.74, 6) is -1.23. The Labute approximate surface area is 135 Å². The SMILES string of the molecule is O=C(O)C1CCCCN1S(=O)(=O)Cc1ccc2ccccc2c1. The normalized spacial score (nSPS) is 19.7. The van der Waals surface area contributed by atoms with Crippen molar-refractivity contribution in [3.8, 4) is 0 Å². The molecule has 0 aromatic heterocycles. The number of aliphatic carboxylic acids is 1. The summed E-state index contributed by atoms with van der Waals surface area (Å²) >= 11 is 0. The van der Waals surface area contributed by atoms with Crippen LogP contribution in [0.4, 0.5) is 0 Å². The maximum absolute atomic E-state index is 12.7. The van der Waals surface area contributed by atoms with E-state index in [-0.39, 0.29) is 12.3 Å². The molecule has 0 radical (unpaired) electrons. The molecule has 0 saturated carbocycles. The number of rotatable bonds is 4. The molecule has 1 fully saturated rings. The van der Waals surface area contributed by atoms with Crippen molar-refractivity contribution >= 4 is 26.8 Å². The Bertz CT molecular complexity index is 831. The van der Waals surface area contributed by atoms with Gasteiger partial charge in [-0.15, -0.1) is 0 Å². The van der Waals surface area contributed by atoms with Crippen LogP contribution in [-0.4, -0.2) is 36.4 Å². The summed E-state index contributed by atoms with van der Waals surface area (Å²) in [6.45, 7) is 0.285. The number of sulfonamides is 1. The molecule has 1 aliphatic rings. The van der Waals surface area contributed by atoms with Crippen molar-refractivity contribution in [2.75, 3.05) is 6.54 Å². The molecule has 2 aromatic rings. The molecule has 1 heterocycles. The molecule has 5 nitrogen and oxygen atoms in total. The highest BCUT2D eigenvalue weighted by atomic mass is 32.2. The molecule has 1 unspecified atom stereocenters. The maximum atomic E-state index is 12.7. The van der Waals surface area contributed by atoms with Gasteiger partial charge in [0.2, 0.25) is 10.0 Å². The fraction of sp³-hybridized carbons (Fsp3) is 0.353. The third kappa shape index (κ3) is 3.38. The van der Waals surface area contributed by atoms with Crippen LogP contribution in [0.2, 0.25) is 0 Å². The second-order valence-corrected chi connectivity index (χ2v) is 7.82. The first-order chi connectivity index (χ1) is 11.0. The third-order valence-electron chi connectivity index (χ3n) is 4.26. The summed E-state index contributed by atoms with van der Waals surface area (Å²) < 4.78 is 26.5. The highest BCUT2D eigenvalue weighted by Crippen LogP contribution is 2.24. The van der Waals surface area contributed by atoms with Gasteiger partial charge in [0.15, 0.2) is 0 Å². The summed E-state index contributed by atoms with van der Waals surface area (Å²) in [7, 11) is -3.65. The lowest BCUT2D eigenvalue weighted by atomic mass is 10.1. The van der Waals surface area contributed by atoms with Crippen LogP contribution in [0.15, 0.2) is 42.5 Å². The first-order valence-corrected chi connectivity index (χ1v) is 9.28. The van der Waals surface area contributed by atoms with E-state index in [1.807, 2.05) is 36.4 Å². The molecule has 3 rings (SSSR count). The molecule has 0 amide bonds. The monoisotopic (exact) mass is 333 g/mol. The number of fused-ring (bicyclic) bond motifs is 1. The van der Waals surface area contributed by atoms with Gasteiger partial charge in [-0.05, 0) is 35.6 Å². The number of carboxylic acids is 1. The van der Waals surface area contributed by atoms with E-state index in [1.54, 1.807) is 6.07 Å². The summed E-state index contributed by atoms with van der Waals surface area (Å²) in [6.07, 6.45) is 1.84. The molecule has 1 N–H and O–H groups in total. The van der Waals surface area contributed by atoms with Crippen molar-refractivity contribution in [1.82, 2.24) is 4.31 Å². The van der Waals surface area contributed by atoms with Gasteiger partial charge in [-0.25, -0.2) is 8.42 Å². The van der Waals surface area contributed by atoms with Gasteiger partial charge in [0.25, 0.3) is 0 Å². The number of carbonyl (C=O) groups is 1. The Hall–Kier alpha value is -1.92. The van der Waals surface area contributed by atoms with Crippen LogP contribution in [-0.2, 0) is 20.6 Å². The quantitative estimate of drug-likeness (QED) is 0.933. The minimum Gasteiger partial charge on any atom is -0.480 e. The maximum Gasteiger partial charge on any atom is 0.322 e. The number of piperidine rings is 1. The molecular formula is C17H19NO4S. The van der Waals surface area contributed by atoms with Crippen LogP contribution >= 0.6 is 0 Å². The van der Waals surface area contributed by atoms with Crippen molar-refractivity contribution in [3.63, 3.8) is 0 Å². The molecule has 0 bridgehead atoms. The highest BCUT2D eigenvalue weighted by molar-refractivity contribution is 7.88. The largest absolute Gasteiger partial charge is 0.480 e. The molecule has 0 spiro atoms. The number of hydrogen-bond acceptors (Lipinski definition) is 3. The molecule has 6 heteroatoms. The van der Waals surface area contributed by atoms with Crippen LogP contribution in [0.25, 0.3) is 10.8 Å². The van der Waals surface area contributed by atoms with Crippen LogP contribution in [0.1, 0.15) is 24.8 Å². The zero-order valence-corrected chi connectivity index (χ0v) is 13.5. The zero-order valence-electron chi connectivity index (χ0n) is 12.7. The van der Waals surface area contributed by atoms with Gasteiger partial charge < -0.3 is 5.11 Å². The lowest BCUT2D eigenvalue weighted by Crippen LogP contribution is -2.48. The van der Waals surface area contributed by atoms with E-state index < -0.39 is 22.0 Å². The number of benzene rings is 2. The van der Waals surface area contributed by atoms with E-state index in [0.29, 0.717) is 18.4 Å². The Morgan fingerprint density at radius 2 is 1.87 bits per heavy atom. The topological polar surface area (TPSA) is 74.7 Å². The summed E-state index contributed by atoms with van der Waals surface area (Å²) in [5.41, 5.74) is 0.679. The standard InChI is InChI=1S/C17H19NO4S/c19-17(20)16-7-3-4-10-18(16)23(21,22)12-13-8-9-14-5-1-2-6-15(14)11-13/h1-2,5-6,8-9,11,16H,3-4,7,10,12H2,(H,19,20). The van der Waals surface area contributed by atoms with Gasteiger partial charge in [0.05, 0.1) is 5.75 Å². The van der Waals surface area contributed by atoms with Gasteiger partial charge in [0.1, 0.15) is 6.04 Å². The average Bonchev–Trinajstić information content (AvgIpc) is 2.54. The Morgan fingerprint density at radius 3 is 2.61 bits per heavy atom. The molecular weight excluding hydrogens is 314 g/mol. The average molecular weight is 333 g/mol. The summed E-state index contributed by atoms with van der Waals surface area (Å²) in [6, 6.07) is 12.4. The van der Waals surface area contributed by atoms with Crippen LogP contribution < -0.4 is 0 Å². The fourth-order valence-corrected chi connectivity index (χ4v) is 4.86. The summed E-state index contributed by atoms with van der Waals surface area (Å²) in [5, 5.41) is 11.3. The molecule has 23 heavy (non-hydrogen) atoms. The smallest absolute Gasteiger partial charge is 0.322 e. The van der Waals surface area contributed by atoms with Gasteiger partial charge in [-0.3, -0.25) is 4.79 Å². The van der Waals surface area contributed by atoms with Gasteiger partial charge in [-0.2, -0.15) is 4.31 Å². The zero-order chi connectivity index (χ0) is 16.4. The second-order valence-electron chi connectivity index (χ2n) is 5.90. The molecule has 1 aliphatic heterocycles. The van der Waals surface area contributed by atoms with Crippen molar-refractivity contribution in [2.45, 2.75) is 31.1 Å². The predicted molar refractivity (Wildman–Crippen MR) is 88.6 cm³/mol. The molecule has 2 aromatic carbocycles. The first kappa shape index (κ1) is 16.0. The highest BCUT2D eigenvalue weighted by Gasteiger charge is 2.36. The van der Waals surface area contributed by atoms with Crippen molar-refractivity contribution < 1.29 is 18.3 Å². The minimum atomic E-state index is -3.65. The van der Waals surface area contributed by atoms with Crippen LogP contribution in [0.5, 0.6) is 0 Å². The fourth-order valence-electron chi connectivity index (χ4n) is 3.11. The summed E-state index contributed by atoms with van der Waals surface area (Å²) in [4.78, 5) is 11.3.